The topological polar surface area (TPSA) is 78.5 Å². The van der Waals surface area contributed by atoms with Crippen molar-refractivity contribution >= 4 is 28.2 Å². The van der Waals surface area contributed by atoms with E-state index < -0.39 is 0 Å². The van der Waals surface area contributed by atoms with Crippen LogP contribution in [0.1, 0.15) is 20.8 Å². The summed E-state index contributed by atoms with van der Waals surface area (Å²) < 4.78 is 12.9. The minimum Gasteiger partial charge on any atom is -0.491 e. The van der Waals surface area contributed by atoms with Gasteiger partial charge in [0.2, 0.25) is 5.91 Å². The lowest BCUT2D eigenvalue weighted by Gasteiger charge is -2.12. The Morgan fingerprint density at radius 2 is 1.89 bits per heavy atom. The van der Waals surface area contributed by atoms with Crippen LogP contribution in [0.2, 0.25) is 0 Å². The molecule has 0 aliphatic heterocycles. The number of aryl methyl sites for hydroxylation is 1. The van der Waals surface area contributed by atoms with E-state index in [0.29, 0.717) is 0 Å². The minimum absolute atomic E-state index is 0.0273. The van der Waals surface area contributed by atoms with Crippen LogP contribution in [-0.2, 0) is 16.1 Å². The van der Waals surface area contributed by atoms with Crippen LogP contribution < -0.4 is 15.8 Å². The quantitative estimate of drug-likeness (QED) is 0.640. The highest BCUT2D eigenvalue weighted by atomic mass is 16.5. The zero-order valence-electron chi connectivity index (χ0n) is 16.8. The van der Waals surface area contributed by atoms with E-state index in [2.05, 4.69) is 16.8 Å². The number of ether oxygens (including phenoxy) is 2. The first-order chi connectivity index (χ1) is 13.4. The normalized spacial score (nSPS) is 11.2. The van der Waals surface area contributed by atoms with Crippen molar-refractivity contribution < 1.29 is 14.3 Å². The molecular weight excluding hydrogens is 354 g/mol. The number of fused-ring (bicyclic) bond motifs is 1. The van der Waals surface area contributed by atoms with Crippen LogP contribution in [0.3, 0.4) is 0 Å². The fraction of sp³-hybridized carbons (Fsp3) is 0.318. The summed E-state index contributed by atoms with van der Waals surface area (Å²) in [5.41, 5.74) is 11.0. The molecule has 0 saturated carbocycles. The smallest absolute Gasteiger partial charge is 0.250 e. The molecule has 3 aromatic rings. The lowest BCUT2D eigenvalue weighted by molar-refractivity contribution is -0.119. The van der Waals surface area contributed by atoms with Crippen molar-refractivity contribution in [1.29, 1.82) is 0 Å². The number of amides is 1. The van der Waals surface area contributed by atoms with Gasteiger partial charge in [-0.2, -0.15) is 0 Å². The average molecular weight is 381 g/mol. The van der Waals surface area contributed by atoms with Gasteiger partial charge in [-0.15, -0.1) is 0 Å². The largest absolute Gasteiger partial charge is 0.491 e. The predicted octanol–water partition coefficient (Wildman–Crippen LogP) is 4.28. The van der Waals surface area contributed by atoms with Gasteiger partial charge < -0.3 is 25.1 Å². The highest BCUT2D eigenvalue weighted by molar-refractivity contribution is 6.01. The van der Waals surface area contributed by atoms with Crippen molar-refractivity contribution in [3.8, 4) is 17.0 Å². The molecule has 148 valence electrons. The standard InChI is InChI=1S/C22H27N3O3/c1-5-25-19-12-17(28-14(2)3)10-11-18(19)21(23)22(25)15-6-8-16(9-7-15)24-20(26)13-27-4/h6-12,14H,5,13,23H2,1-4H3,(H,24,26). The number of aromatic nitrogens is 1. The van der Waals surface area contributed by atoms with Crippen molar-refractivity contribution in [1.82, 2.24) is 4.57 Å². The number of anilines is 2. The van der Waals surface area contributed by atoms with Gasteiger partial charge in [-0.05, 0) is 45.0 Å². The number of carbonyl (C=O) groups is 1. The third kappa shape index (κ3) is 3.97. The molecule has 3 rings (SSSR count). The Hall–Kier alpha value is -2.99. The highest BCUT2D eigenvalue weighted by Crippen LogP contribution is 2.38. The van der Waals surface area contributed by atoms with Crippen molar-refractivity contribution in [2.75, 3.05) is 24.8 Å². The Labute approximate surface area is 165 Å². The summed E-state index contributed by atoms with van der Waals surface area (Å²) in [6.45, 7) is 6.92. The number of carbonyl (C=O) groups excluding carboxylic acids is 1. The molecule has 0 unspecified atom stereocenters. The first kappa shape index (κ1) is 19.8. The molecule has 0 atom stereocenters. The Bertz CT molecular complexity index is 975. The lowest BCUT2D eigenvalue weighted by Crippen LogP contribution is -2.16. The molecule has 1 heterocycles. The Balaban J connectivity index is 2.00. The monoisotopic (exact) mass is 381 g/mol. The second-order valence-corrected chi connectivity index (χ2v) is 6.91. The molecular formula is C22H27N3O3. The van der Waals surface area contributed by atoms with E-state index in [4.69, 9.17) is 15.2 Å². The number of nitrogen functional groups attached to an aromatic ring is 1. The van der Waals surface area contributed by atoms with Crippen LogP contribution in [0.15, 0.2) is 42.5 Å². The summed E-state index contributed by atoms with van der Waals surface area (Å²) in [6.07, 6.45) is 0.111. The molecule has 0 fully saturated rings. The van der Waals surface area contributed by atoms with E-state index in [1.165, 1.54) is 7.11 Å². The molecule has 0 radical (unpaired) electrons. The SMILES string of the molecule is CCn1c(-c2ccc(NC(=O)COC)cc2)c(N)c2ccc(OC(C)C)cc21. The molecule has 1 amide bonds. The van der Waals surface area contributed by atoms with Crippen LogP contribution in [0.5, 0.6) is 5.75 Å². The zero-order chi connectivity index (χ0) is 20.3. The van der Waals surface area contributed by atoms with Crippen LogP contribution >= 0.6 is 0 Å². The van der Waals surface area contributed by atoms with Gasteiger partial charge in [-0.3, -0.25) is 4.79 Å². The number of nitrogens with zero attached hydrogens (tertiary/aromatic N) is 1. The molecule has 0 aliphatic rings. The molecule has 0 spiro atoms. The summed E-state index contributed by atoms with van der Waals surface area (Å²) in [5, 5.41) is 3.80. The van der Waals surface area contributed by atoms with E-state index in [0.717, 1.165) is 45.8 Å². The van der Waals surface area contributed by atoms with E-state index in [-0.39, 0.29) is 18.6 Å². The number of hydrogen-bond acceptors (Lipinski definition) is 4. The van der Waals surface area contributed by atoms with Crippen LogP contribution in [-0.4, -0.2) is 30.3 Å². The molecule has 6 heteroatoms. The van der Waals surface area contributed by atoms with E-state index >= 15 is 0 Å². The predicted molar refractivity (Wildman–Crippen MR) is 114 cm³/mol. The Kier molecular flexibility index (Phi) is 5.90. The van der Waals surface area contributed by atoms with Crippen LogP contribution in [0.4, 0.5) is 11.4 Å². The third-order valence-corrected chi connectivity index (χ3v) is 4.48. The number of hydrogen-bond donors (Lipinski definition) is 2. The van der Waals surface area contributed by atoms with Gasteiger partial charge in [0, 0.05) is 36.4 Å². The summed E-state index contributed by atoms with van der Waals surface area (Å²) in [5.74, 6) is 0.646. The molecule has 28 heavy (non-hydrogen) atoms. The summed E-state index contributed by atoms with van der Waals surface area (Å²) in [4.78, 5) is 11.7. The molecule has 6 nitrogen and oxygen atoms in total. The average Bonchev–Trinajstić information content (AvgIpc) is 2.93. The maximum atomic E-state index is 11.7. The van der Waals surface area contributed by atoms with Crippen LogP contribution in [0, 0.1) is 0 Å². The second-order valence-electron chi connectivity index (χ2n) is 6.91. The molecule has 0 saturated heterocycles. The summed E-state index contributed by atoms with van der Waals surface area (Å²) in [7, 11) is 1.49. The highest BCUT2D eigenvalue weighted by Gasteiger charge is 2.17. The zero-order valence-corrected chi connectivity index (χ0v) is 16.8. The molecule has 1 aromatic heterocycles. The van der Waals surface area contributed by atoms with Crippen molar-refractivity contribution in [2.45, 2.75) is 33.4 Å². The Morgan fingerprint density at radius 3 is 2.50 bits per heavy atom. The molecule has 3 N–H and O–H groups in total. The first-order valence-corrected chi connectivity index (χ1v) is 9.42. The van der Waals surface area contributed by atoms with E-state index in [9.17, 15) is 4.79 Å². The number of methoxy groups -OCH3 is 1. The number of nitrogens with two attached hydrogens (primary N) is 1. The maximum absolute atomic E-state index is 11.7. The summed E-state index contributed by atoms with van der Waals surface area (Å²) in [6, 6.07) is 13.7. The fourth-order valence-electron chi connectivity index (χ4n) is 3.38. The first-order valence-electron chi connectivity index (χ1n) is 9.42. The number of rotatable bonds is 7. The summed E-state index contributed by atoms with van der Waals surface area (Å²) >= 11 is 0. The third-order valence-electron chi connectivity index (χ3n) is 4.48. The van der Waals surface area contributed by atoms with Gasteiger partial charge in [0.1, 0.15) is 12.4 Å². The fourth-order valence-corrected chi connectivity index (χ4v) is 3.38. The van der Waals surface area contributed by atoms with Gasteiger partial charge >= 0.3 is 0 Å². The Morgan fingerprint density at radius 1 is 1.18 bits per heavy atom. The van der Waals surface area contributed by atoms with Crippen molar-refractivity contribution in [3.63, 3.8) is 0 Å². The lowest BCUT2D eigenvalue weighted by atomic mass is 10.1. The molecule has 0 aliphatic carbocycles. The van der Waals surface area contributed by atoms with Crippen molar-refractivity contribution in [2.24, 2.45) is 0 Å². The minimum atomic E-state index is -0.185. The second kappa shape index (κ2) is 8.35. The van der Waals surface area contributed by atoms with E-state index in [1.54, 1.807) is 0 Å². The number of benzene rings is 2. The maximum Gasteiger partial charge on any atom is 0.250 e. The van der Waals surface area contributed by atoms with Gasteiger partial charge in [0.15, 0.2) is 0 Å². The van der Waals surface area contributed by atoms with Gasteiger partial charge in [-0.25, -0.2) is 0 Å². The molecule has 2 aromatic carbocycles. The van der Waals surface area contributed by atoms with Gasteiger partial charge in [0.05, 0.1) is 23.0 Å². The van der Waals surface area contributed by atoms with Gasteiger partial charge in [-0.1, -0.05) is 12.1 Å². The molecule has 0 bridgehead atoms. The number of nitrogens with one attached hydrogen (secondary N) is 1. The van der Waals surface area contributed by atoms with Crippen LogP contribution in [0.25, 0.3) is 22.2 Å². The van der Waals surface area contributed by atoms with Crippen molar-refractivity contribution in [3.05, 3.63) is 42.5 Å². The van der Waals surface area contributed by atoms with E-state index in [1.807, 2.05) is 56.3 Å². The van der Waals surface area contributed by atoms with Gasteiger partial charge in [0.25, 0.3) is 0 Å².